The molecule has 0 rings (SSSR count). The lowest BCUT2D eigenvalue weighted by Crippen LogP contribution is -2.04. The molecule has 0 N–H and O–H groups in total. The van der Waals surface area contributed by atoms with E-state index in [4.69, 9.17) is 0 Å². The van der Waals surface area contributed by atoms with Crippen LogP contribution in [0.3, 0.4) is 0 Å². The Morgan fingerprint density at radius 3 is 2.55 bits per heavy atom. The van der Waals surface area contributed by atoms with Gasteiger partial charge < -0.3 is 0 Å². The zero-order valence-electron chi connectivity index (χ0n) is 7.26. The fourth-order valence-corrected chi connectivity index (χ4v) is 0.686. The first-order valence-corrected chi connectivity index (χ1v) is 4.13. The molecule has 0 fully saturated rings. The van der Waals surface area contributed by atoms with Gasteiger partial charge in [0.25, 0.3) is 0 Å². The average molecular weight is 160 g/mol. The minimum atomic E-state index is -0.264. The Labute approximate surface area is 67.6 Å². The van der Waals surface area contributed by atoms with Crippen molar-refractivity contribution >= 4 is 5.97 Å². The molecule has 0 radical (unpaired) electrons. The highest BCUT2D eigenvalue weighted by molar-refractivity contribution is 5.68. The molecule has 0 amide bonds. The largest absolute Gasteiger partial charge is 0.342 e. The first-order valence-electron chi connectivity index (χ1n) is 4.13. The molecule has 0 saturated heterocycles. The third kappa shape index (κ3) is 7.33. The summed E-state index contributed by atoms with van der Waals surface area (Å²) in [4.78, 5) is 19.6. The van der Waals surface area contributed by atoms with Gasteiger partial charge >= 0.3 is 5.97 Å². The third-order valence-electron chi connectivity index (χ3n) is 1.25. The molecular weight excluding hydrogens is 144 g/mol. The van der Waals surface area contributed by atoms with Gasteiger partial charge in [-0.15, -0.1) is 0 Å². The van der Waals surface area contributed by atoms with Crippen LogP contribution < -0.4 is 0 Å². The van der Waals surface area contributed by atoms with Crippen LogP contribution >= 0.6 is 0 Å². The molecule has 0 aromatic heterocycles. The molecule has 3 nitrogen and oxygen atoms in total. The molecule has 3 heteroatoms. The standard InChI is InChI=1S/C8H16O3/c1-3-5-6-7-8(9)11-10-4-2/h3-7H2,1-2H3. The van der Waals surface area contributed by atoms with Gasteiger partial charge in [-0.3, -0.25) is 4.89 Å². The van der Waals surface area contributed by atoms with E-state index in [1.165, 1.54) is 0 Å². The van der Waals surface area contributed by atoms with Gasteiger partial charge in [-0.25, -0.2) is 4.79 Å². The van der Waals surface area contributed by atoms with Crippen LogP contribution in [-0.4, -0.2) is 12.6 Å². The Morgan fingerprint density at radius 2 is 2.00 bits per heavy atom. The molecule has 0 aliphatic carbocycles. The summed E-state index contributed by atoms with van der Waals surface area (Å²) >= 11 is 0. The van der Waals surface area contributed by atoms with Gasteiger partial charge in [0.05, 0.1) is 6.61 Å². The van der Waals surface area contributed by atoms with Gasteiger partial charge in [0, 0.05) is 6.42 Å². The maximum absolute atomic E-state index is 10.7. The van der Waals surface area contributed by atoms with Crippen LogP contribution in [0.1, 0.15) is 39.5 Å². The van der Waals surface area contributed by atoms with Crippen molar-refractivity contribution in [1.29, 1.82) is 0 Å². The van der Waals surface area contributed by atoms with Crippen LogP contribution in [0.4, 0.5) is 0 Å². The quantitative estimate of drug-likeness (QED) is 0.339. The van der Waals surface area contributed by atoms with Crippen LogP contribution in [-0.2, 0) is 14.6 Å². The lowest BCUT2D eigenvalue weighted by Gasteiger charge is -1.99. The summed E-state index contributed by atoms with van der Waals surface area (Å²) in [6.45, 7) is 4.28. The molecule has 0 saturated carbocycles. The summed E-state index contributed by atoms with van der Waals surface area (Å²) in [6, 6.07) is 0. The van der Waals surface area contributed by atoms with Crippen LogP contribution in [0, 0.1) is 0 Å². The fourth-order valence-electron chi connectivity index (χ4n) is 0.686. The number of hydrogen-bond acceptors (Lipinski definition) is 3. The first kappa shape index (κ1) is 10.4. The lowest BCUT2D eigenvalue weighted by atomic mass is 10.2. The van der Waals surface area contributed by atoms with E-state index in [-0.39, 0.29) is 5.97 Å². The fraction of sp³-hybridized carbons (Fsp3) is 0.875. The molecule has 66 valence electrons. The van der Waals surface area contributed by atoms with Crippen molar-refractivity contribution in [3.8, 4) is 0 Å². The first-order chi connectivity index (χ1) is 5.31. The SMILES string of the molecule is CCCCCC(=O)OOCC. The van der Waals surface area contributed by atoms with E-state index < -0.39 is 0 Å². The van der Waals surface area contributed by atoms with Gasteiger partial charge in [0.15, 0.2) is 0 Å². The van der Waals surface area contributed by atoms with Crippen LogP contribution in [0.2, 0.25) is 0 Å². The molecule has 0 heterocycles. The zero-order chi connectivity index (χ0) is 8.53. The number of carbonyl (C=O) groups excluding carboxylic acids is 1. The Hall–Kier alpha value is -0.570. The molecule has 0 aliphatic rings. The normalized spacial score (nSPS) is 9.64. The van der Waals surface area contributed by atoms with Crippen molar-refractivity contribution in [1.82, 2.24) is 0 Å². The Morgan fingerprint density at radius 1 is 1.27 bits per heavy atom. The highest BCUT2D eigenvalue weighted by Crippen LogP contribution is 2.00. The molecule has 0 aromatic rings. The number of hydrogen-bond donors (Lipinski definition) is 0. The average Bonchev–Trinajstić information content (AvgIpc) is 2.01. The number of carbonyl (C=O) groups is 1. The highest BCUT2D eigenvalue weighted by atomic mass is 17.2. The molecule has 0 bridgehead atoms. The predicted octanol–water partition coefficient (Wildman–Crippen LogP) is 2.06. The number of rotatable bonds is 6. The molecule has 11 heavy (non-hydrogen) atoms. The Balaban J connectivity index is 3.09. The summed E-state index contributed by atoms with van der Waals surface area (Å²) < 4.78 is 0. The van der Waals surface area contributed by atoms with Crippen LogP contribution in [0.5, 0.6) is 0 Å². The van der Waals surface area contributed by atoms with E-state index in [2.05, 4.69) is 16.7 Å². The monoisotopic (exact) mass is 160 g/mol. The van der Waals surface area contributed by atoms with Crippen molar-refractivity contribution in [3.63, 3.8) is 0 Å². The molecule has 0 aliphatic heterocycles. The van der Waals surface area contributed by atoms with Crippen molar-refractivity contribution < 1.29 is 14.6 Å². The minimum absolute atomic E-state index is 0.264. The lowest BCUT2D eigenvalue weighted by molar-refractivity contribution is -0.269. The summed E-state index contributed by atoms with van der Waals surface area (Å²) in [6.07, 6.45) is 3.54. The predicted molar refractivity (Wildman–Crippen MR) is 41.9 cm³/mol. The number of unbranched alkanes of at least 4 members (excludes halogenated alkanes) is 2. The Bertz CT molecular complexity index is 102. The van der Waals surface area contributed by atoms with Crippen molar-refractivity contribution in [3.05, 3.63) is 0 Å². The minimum Gasteiger partial charge on any atom is -0.298 e. The van der Waals surface area contributed by atoms with Gasteiger partial charge in [-0.2, -0.15) is 4.89 Å². The van der Waals surface area contributed by atoms with Gasteiger partial charge in [0.2, 0.25) is 0 Å². The van der Waals surface area contributed by atoms with Crippen molar-refractivity contribution in [2.75, 3.05) is 6.61 Å². The second kappa shape index (κ2) is 7.54. The van der Waals surface area contributed by atoms with E-state index in [1.54, 1.807) is 6.92 Å². The zero-order valence-corrected chi connectivity index (χ0v) is 7.26. The van der Waals surface area contributed by atoms with E-state index in [0.29, 0.717) is 13.0 Å². The topological polar surface area (TPSA) is 35.5 Å². The summed E-state index contributed by atoms with van der Waals surface area (Å²) in [5, 5.41) is 0. The maximum Gasteiger partial charge on any atom is 0.342 e. The van der Waals surface area contributed by atoms with Crippen LogP contribution in [0.15, 0.2) is 0 Å². The van der Waals surface area contributed by atoms with E-state index in [0.717, 1.165) is 19.3 Å². The summed E-state index contributed by atoms with van der Waals surface area (Å²) in [5.41, 5.74) is 0. The van der Waals surface area contributed by atoms with Gasteiger partial charge in [0.1, 0.15) is 0 Å². The summed E-state index contributed by atoms with van der Waals surface area (Å²) in [5.74, 6) is -0.264. The van der Waals surface area contributed by atoms with Crippen molar-refractivity contribution in [2.45, 2.75) is 39.5 Å². The molecule has 0 atom stereocenters. The molecule has 0 spiro atoms. The summed E-state index contributed by atoms with van der Waals surface area (Å²) in [7, 11) is 0. The molecule has 0 unspecified atom stereocenters. The third-order valence-corrected chi connectivity index (χ3v) is 1.25. The van der Waals surface area contributed by atoms with E-state index >= 15 is 0 Å². The Kier molecular flexibility index (Phi) is 7.15. The second-order valence-corrected chi connectivity index (χ2v) is 2.32. The molecular formula is C8H16O3. The second-order valence-electron chi connectivity index (χ2n) is 2.32. The smallest absolute Gasteiger partial charge is 0.298 e. The highest BCUT2D eigenvalue weighted by Gasteiger charge is 2.01. The van der Waals surface area contributed by atoms with Crippen LogP contribution in [0.25, 0.3) is 0 Å². The molecule has 0 aromatic carbocycles. The van der Waals surface area contributed by atoms with E-state index in [9.17, 15) is 4.79 Å². The van der Waals surface area contributed by atoms with Gasteiger partial charge in [-0.1, -0.05) is 19.8 Å². The van der Waals surface area contributed by atoms with Crippen molar-refractivity contribution in [2.24, 2.45) is 0 Å². The van der Waals surface area contributed by atoms with Gasteiger partial charge in [-0.05, 0) is 13.3 Å². The van der Waals surface area contributed by atoms with E-state index in [1.807, 2.05) is 0 Å². The maximum atomic E-state index is 10.7.